The lowest BCUT2D eigenvalue weighted by Gasteiger charge is -2.32. The lowest BCUT2D eigenvalue weighted by molar-refractivity contribution is 0.00578. The zero-order valence-electron chi connectivity index (χ0n) is 17.5. The van der Waals surface area contributed by atoms with Crippen molar-refractivity contribution in [3.05, 3.63) is 29.8 Å². The van der Waals surface area contributed by atoms with E-state index in [4.69, 9.17) is 14.0 Å². The number of likely N-dealkylation sites (tertiary alicyclic amines) is 1. The molecule has 0 aromatic heterocycles. The van der Waals surface area contributed by atoms with Gasteiger partial charge in [0, 0.05) is 13.1 Å². The van der Waals surface area contributed by atoms with Crippen LogP contribution in [0, 0.1) is 0 Å². The molecule has 3 rings (SSSR count). The van der Waals surface area contributed by atoms with Crippen LogP contribution in [0.4, 0.5) is 4.79 Å². The average molecular weight is 373 g/mol. The van der Waals surface area contributed by atoms with Crippen LogP contribution in [0.5, 0.6) is 0 Å². The van der Waals surface area contributed by atoms with Gasteiger partial charge in [-0.25, -0.2) is 4.79 Å². The monoisotopic (exact) mass is 373 g/mol. The van der Waals surface area contributed by atoms with E-state index in [0.717, 1.165) is 31.4 Å². The first-order valence-electron chi connectivity index (χ1n) is 10.00. The van der Waals surface area contributed by atoms with Gasteiger partial charge in [-0.1, -0.05) is 24.3 Å². The van der Waals surface area contributed by atoms with E-state index in [2.05, 4.69) is 52.0 Å². The lowest BCUT2D eigenvalue weighted by atomic mass is 9.77. The van der Waals surface area contributed by atoms with Gasteiger partial charge in [0.2, 0.25) is 0 Å². The van der Waals surface area contributed by atoms with Crippen LogP contribution in [0.25, 0.3) is 0 Å². The molecule has 148 valence electrons. The summed E-state index contributed by atoms with van der Waals surface area (Å²) >= 11 is 0. The van der Waals surface area contributed by atoms with Gasteiger partial charge in [0.1, 0.15) is 0 Å². The Labute approximate surface area is 163 Å². The molecule has 5 nitrogen and oxygen atoms in total. The van der Waals surface area contributed by atoms with E-state index >= 15 is 0 Å². The van der Waals surface area contributed by atoms with Crippen molar-refractivity contribution in [2.75, 3.05) is 13.1 Å². The van der Waals surface area contributed by atoms with Gasteiger partial charge < -0.3 is 18.9 Å². The zero-order valence-corrected chi connectivity index (χ0v) is 17.5. The Morgan fingerprint density at radius 3 is 2.07 bits per heavy atom. The van der Waals surface area contributed by atoms with Crippen molar-refractivity contribution in [1.29, 1.82) is 0 Å². The molecule has 2 saturated heterocycles. The Morgan fingerprint density at radius 2 is 1.59 bits per heavy atom. The second-order valence-corrected chi connectivity index (χ2v) is 8.95. The average Bonchev–Trinajstić information content (AvgIpc) is 2.82. The molecule has 27 heavy (non-hydrogen) atoms. The number of ether oxygens (including phenoxy) is 1. The van der Waals surface area contributed by atoms with Gasteiger partial charge in [0.15, 0.2) is 0 Å². The molecule has 2 aliphatic heterocycles. The molecule has 6 heteroatoms. The summed E-state index contributed by atoms with van der Waals surface area (Å²) in [4.78, 5) is 13.8. The summed E-state index contributed by atoms with van der Waals surface area (Å²) in [5.41, 5.74) is 1.71. The van der Waals surface area contributed by atoms with Crippen LogP contribution in [0.3, 0.4) is 0 Å². The molecule has 0 N–H and O–H groups in total. The molecule has 1 aromatic rings. The van der Waals surface area contributed by atoms with Gasteiger partial charge in [0.25, 0.3) is 0 Å². The lowest BCUT2D eigenvalue weighted by Crippen LogP contribution is -2.41. The van der Waals surface area contributed by atoms with Gasteiger partial charge in [0.05, 0.1) is 17.3 Å². The van der Waals surface area contributed by atoms with Crippen molar-refractivity contribution in [2.45, 2.75) is 77.6 Å². The number of nitrogens with zero attached hydrogens (tertiary/aromatic N) is 1. The van der Waals surface area contributed by atoms with E-state index in [-0.39, 0.29) is 30.5 Å². The molecular weight excluding hydrogens is 341 g/mol. The first kappa shape index (κ1) is 20.2. The summed E-state index contributed by atoms with van der Waals surface area (Å²) in [6, 6.07) is 8.56. The summed E-state index contributed by atoms with van der Waals surface area (Å²) in [6.45, 7) is 13.5. The molecule has 0 spiro atoms. The van der Waals surface area contributed by atoms with E-state index < -0.39 is 0 Å². The second kappa shape index (κ2) is 7.48. The predicted molar refractivity (Wildman–Crippen MR) is 107 cm³/mol. The number of hydrogen-bond acceptors (Lipinski definition) is 4. The van der Waals surface area contributed by atoms with Crippen LogP contribution in [-0.2, 0) is 14.0 Å². The van der Waals surface area contributed by atoms with E-state index in [9.17, 15) is 4.79 Å². The third-order valence-electron chi connectivity index (χ3n) is 6.02. The molecule has 0 aliphatic carbocycles. The quantitative estimate of drug-likeness (QED) is 0.758. The van der Waals surface area contributed by atoms with E-state index in [0.29, 0.717) is 5.92 Å². The first-order valence-corrected chi connectivity index (χ1v) is 10.00. The molecule has 0 bridgehead atoms. The maximum Gasteiger partial charge on any atom is 0.494 e. The van der Waals surface area contributed by atoms with Crippen molar-refractivity contribution in [3.8, 4) is 0 Å². The summed E-state index contributed by atoms with van der Waals surface area (Å²) in [5.74, 6) is 0.473. The van der Waals surface area contributed by atoms with Crippen molar-refractivity contribution in [1.82, 2.24) is 4.90 Å². The number of piperidine rings is 1. The Bertz CT molecular complexity index is 647. The summed E-state index contributed by atoms with van der Waals surface area (Å²) < 4.78 is 17.6. The number of amides is 1. The van der Waals surface area contributed by atoms with Crippen molar-refractivity contribution in [2.24, 2.45) is 0 Å². The standard InChI is InChI=1S/C21H32BNO4/c1-15(2)25-19(24)23-13-11-17(12-14-23)16-7-9-18(10-8-16)22-26-20(3,4)21(5,6)27-22/h7-10,15,17H,11-14H2,1-6H3. The van der Waals surface area contributed by atoms with Gasteiger partial charge in [-0.3, -0.25) is 0 Å². The highest BCUT2D eigenvalue weighted by atomic mass is 16.7. The predicted octanol–water partition coefficient (Wildman–Crippen LogP) is 3.71. The molecule has 2 heterocycles. The fourth-order valence-electron chi connectivity index (χ4n) is 3.58. The van der Waals surface area contributed by atoms with Gasteiger partial charge in [-0.05, 0) is 71.3 Å². The minimum Gasteiger partial charge on any atom is -0.447 e. The Morgan fingerprint density at radius 1 is 1.07 bits per heavy atom. The Kier molecular flexibility index (Phi) is 5.60. The number of carbonyl (C=O) groups is 1. The normalized spacial score (nSPS) is 22.3. The number of benzene rings is 1. The van der Waals surface area contributed by atoms with Crippen molar-refractivity contribution < 1.29 is 18.8 Å². The molecule has 0 atom stereocenters. The van der Waals surface area contributed by atoms with Crippen LogP contribution in [-0.4, -0.2) is 48.5 Å². The number of rotatable bonds is 3. The molecule has 0 saturated carbocycles. The largest absolute Gasteiger partial charge is 0.494 e. The second-order valence-electron chi connectivity index (χ2n) is 8.95. The maximum absolute atomic E-state index is 12.0. The minimum atomic E-state index is -0.326. The maximum atomic E-state index is 12.0. The summed E-state index contributed by atoms with van der Waals surface area (Å²) in [5, 5.41) is 0. The fraction of sp³-hybridized carbons (Fsp3) is 0.667. The number of carbonyl (C=O) groups excluding carboxylic acids is 1. The van der Waals surface area contributed by atoms with Crippen LogP contribution in [0.15, 0.2) is 24.3 Å². The summed E-state index contributed by atoms with van der Waals surface area (Å²) in [6.07, 6.45) is 1.66. The highest BCUT2D eigenvalue weighted by Crippen LogP contribution is 2.36. The smallest absolute Gasteiger partial charge is 0.447 e. The molecular formula is C21H32BNO4. The van der Waals surface area contributed by atoms with Crippen LogP contribution < -0.4 is 5.46 Å². The van der Waals surface area contributed by atoms with E-state index in [1.165, 1.54) is 5.56 Å². The molecule has 2 aliphatic rings. The van der Waals surface area contributed by atoms with Crippen LogP contribution in [0.1, 0.15) is 65.9 Å². The topological polar surface area (TPSA) is 48.0 Å². The minimum absolute atomic E-state index is 0.0715. The van der Waals surface area contributed by atoms with E-state index in [1.54, 1.807) is 0 Å². The van der Waals surface area contributed by atoms with Gasteiger partial charge in [-0.15, -0.1) is 0 Å². The third kappa shape index (κ3) is 4.32. The first-order chi connectivity index (χ1) is 12.6. The Balaban J connectivity index is 1.58. The van der Waals surface area contributed by atoms with E-state index in [1.807, 2.05) is 18.7 Å². The van der Waals surface area contributed by atoms with Crippen LogP contribution >= 0.6 is 0 Å². The third-order valence-corrected chi connectivity index (χ3v) is 6.02. The van der Waals surface area contributed by atoms with Crippen molar-refractivity contribution >= 4 is 18.7 Å². The molecule has 1 amide bonds. The number of hydrogen-bond donors (Lipinski definition) is 0. The highest BCUT2D eigenvalue weighted by molar-refractivity contribution is 6.62. The zero-order chi connectivity index (χ0) is 19.8. The van der Waals surface area contributed by atoms with Gasteiger partial charge >= 0.3 is 13.2 Å². The molecule has 0 radical (unpaired) electrons. The highest BCUT2D eigenvalue weighted by Gasteiger charge is 2.51. The van der Waals surface area contributed by atoms with Crippen LogP contribution in [0.2, 0.25) is 0 Å². The molecule has 1 aromatic carbocycles. The van der Waals surface area contributed by atoms with Gasteiger partial charge in [-0.2, -0.15) is 0 Å². The SMILES string of the molecule is CC(C)OC(=O)N1CCC(c2ccc(B3OC(C)(C)C(C)(C)O3)cc2)CC1. The molecule has 0 unspecified atom stereocenters. The Hall–Kier alpha value is -1.53. The summed E-state index contributed by atoms with van der Waals surface area (Å²) in [7, 11) is -0.322. The molecule has 2 fully saturated rings. The fourth-order valence-corrected chi connectivity index (χ4v) is 3.58. The van der Waals surface area contributed by atoms with Crippen molar-refractivity contribution in [3.63, 3.8) is 0 Å².